The third-order valence-electron chi connectivity index (χ3n) is 6.22. The van der Waals surface area contributed by atoms with Crippen LogP contribution >= 0.6 is 0 Å². The highest BCUT2D eigenvalue weighted by Crippen LogP contribution is 2.23. The average molecular weight is 437 g/mol. The fourth-order valence-corrected chi connectivity index (χ4v) is 3.59. The van der Waals surface area contributed by atoms with E-state index >= 15 is 0 Å². The molecule has 0 aliphatic carbocycles. The molecular formula is C28H40N2O2. The van der Waals surface area contributed by atoms with E-state index in [0.29, 0.717) is 19.4 Å². The summed E-state index contributed by atoms with van der Waals surface area (Å²) in [6.07, 6.45) is 1.89. The van der Waals surface area contributed by atoms with Gasteiger partial charge in [0.2, 0.25) is 11.8 Å². The first-order valence-electron chi connectivity index (χ1n) is 11.8. The summed E-state index contributed by atoms with van der Waals surface area (Å²) >= 11 is 0. The number of aryl methyl sites for hydroxylation is 2. The molecule has 0 fully saturated rings. The normalized spacial score (nSPS) is 13.3. The molecule has 2 amide bonds. The molecule has 0 saturated carbocycles. The number of nitrogens with one attached hydrogen (secondary N) is 1. The van der Waals surface area contributed by atoms with Crippen molar-refractivity contribution in [2.45, 2.75) is 91.8 Å². The lowest BCUT2D eigenvalue weighted by Gasteiger charge is -2.30. The fraction of sp³-hybridized carbons (Fsp3) is 0.500. The van der Waals surface area contributed by atoms with Gasteiger partial charge in [0.05, 0.1) is 0 Å². The monoisotopic (exact) mass is 436 g/mol. The predicted molar refractivity (Wildman–Crippen MR) is 133 cm³/mol. The summed E-state index contributed by atoms with van der Waals surface area (Å²) in [4.78, 5) is 27.9. The molecule has 32 heavy (non-hydrogen) atoms. The highest BCUT2D eigenvalue weighted by molar-refractivity contribution is 5.87. The molecule has 0 unspecified atom stereocenters. The number of amides is 2. The zero-order valence-corrected chi connectivity index (χ0v) is 20.9. The van der Waals surface area contributed by atoms with E-state index in [0.717, 1.165) is 23.1 Å². The van der Waals surface area contributed by atoms with Gasteiger partial charge in [0.15, 0.2) is 0 Å². The third-order valence-corrected chi connectivity index (χ3v) is 6.22. The van der Waals surface area contributed by atoms with Crippen molar-refractivity contribution in [3.05, 3.63) is 70.8 Å². The lowest BCUT2D eigenvalue weighted by molar-refractivity contribution is -0.140. The van der Waals surface area contributed by atoms with Crippen molar-refractivity contribution < 1.29 is 9.59 Å². The number of nitrogens with zero attached hydrogens (tertiary/aromatic N) is 1. The van der Waals surface area contributed by atoms with Crippen LogP contribution in [0, 0.1) is 6.92 Å². The second-order valence-corrected chi connectivity index (χ2v) is 9.89. The van der Waals surface area contributed by atoms with Gasteiger partial charge in [0.1, 0.15) is 6.04 Å². The van der Waals surface area contributed by atoms with Crippen LogP contribution in [0.5, 0.6) is 0 Å². The van der Waals surface area contributed by atoms with E-state index in [1.54, 1.807) is 4.90 Å². The van der Waals surface area contributed by atoms with Crippen LogP contribution in [0.15, 0.2) is 48.5 Å². The van der Waals surface area contributed by atoms with E-state index in [2.05, 4.69) is 50.4 Å². The molecule has 2 rings (SSSR count). The van der Waals surface area contributed by atoms with E-state index in [1.165, 1.54) is 5.56 Å². The van der Waals surface area contributed by atoms with Crippen molar-refractivity contribution in [1.82, 2.24) is 10.2 Å². The molecule has 0 aliphatic rings. The number of carbonyl (C=O) groups excluding carboxylic acids is 2. The molecule has 0 heterocycles. The van der Waals surface area contributed by atoms with Crippen LogP contribution in [0.25, 0.3) is 0 Å². The Morgan fingerprint density at radius 2 is 1.62 bits per heavy atom. The Kier molecular flexibility index (Phi) is 9.06. The Morgan fingerprint density at radius 3 is 2.19 bits per heavy atom. The average Bonchev–Trinajstić information content (AvgIpc) is 2.76. The highest BCUT2D eigenvalue weighted by atomic mass is 16.2. The van der Waals surface area contributed by atoms with Crippen LogP contribution in [-0.2, 0) is 28.0 Å². The zero-order chi connectivity index (χ0) is 23.9. The van der Waals surface area contributed by atoms with Gasteiger partial charge in [-0.15, -0.1) is 0 Å². The summed E-state index contributed by atoms with van der Waals surface area (Å²) in [5.41, 5.74) is 4.72. The van der Waals surface area contributed by atoms with E-state index in [1.807, 2.05) is 52.0 Å². The lowest BCUT2D eigenvalue weighted by atomic mass is 9.86. The SMILES string of the molecule is CC[C@@H](C)NC(=O)[C@H](C)N(Cc1ccccc1C)C(=O)CCc1ccc(C(C)(C)C)cc1. The van der Waals surface area contributed by atoms with Crippen LogP contribution in [-0.4, -0.2) is 28.8 Å². The molecule has 1 N–H and O–H groups in total. The Balaban J connectivity index is 2.15. The van der Waals surface area contributed by atoms with Crippen molar-refractivity contribution in [3.8, 4) is 0 Å². The maximum atomic E-state index is 13.3. The summed E-state index contributed by atoms with van der Waals surface area (Å²) in [5, 5.41) is 3.03. The van der Waals surface area contributed by atoms with Crippen molar-refractivity contribution in [2.75, 3.05) is 0 Å². The van der Waals surface area contributed by atoms with Gasteiger partial charge in [-0.3, -0.25) is 9.59 Å². The minimum Gasteiger partial charge on any atom is -0.352 e. The molecule has 2 atom stereocenters. The molecular weight excluding hydrogens is 396 g/mol. The Labute approximate surface area is 194 Å². The van der Waals surface area contributed by atoms with Gasteiger partial charge in [-0.25, -0.2) is 0 Å². The number of rotatable bonds is 9. The number of carbonyl (C=O) groups is 2. The van der Waals surface area contributed by atoms with E-state index < -0.39 is 6.04 Å². The Hall–Kier alpha value is -2.62. The summed E-state index contributed by atoms with van der Waals surface area (Å²) in [6, 6.07) is 16.1. The molecule has 4 nitrogen and oxygen atoms in total. The number of hydrogen-bond acceptors (Lipinski definition) is 2. The molecule has 0 bridgehead atoms. The minimum atomic E-state index is -0.528. The molecule has 2 aromatic rings. The van der Waals surface area contributed by atoms with E-state index in [-0.39, 0.29) is 23.3 Å². The van der Waals surface area contributed by atoms with Gasteiger partial charge in [0.25, 0.3) is 0 Å². The zero-order valence-electron chi connectivity index (χ0n) is 20.9. The molecule has 0 spiro atoms. The summed E-state index contributed by atoms with van der Waals surface area (Å²) in [5.74, 6) is -0.101. The quantitative estimate of drug-likeness (QED) is 0.560. The first-order valence-corrected chi connectivity index (χ1v) is 11.8. The lowest BCUT2D eigenvalue weighted by Crippen LogP contribution is -2.49. The molecule has 0 aliphatic heterocycles. The van der Waals surface area contributed by atoms with E-state index in [4.69, 9.17) is 0 Å². The number of benzene rings is 2. The molecule has 0 aromatic heterocycles. The predicted octanol–water partition coefficient (Wildman–Crippen LogP) is 5.56. The molecule has 4 heteroatoms. The van der Waals surface area contributed by atoms with Crippen LogP contribution < -0.4 is 5.32 Å². The van der Waals surface area contributed by atoms with Crippen molar-refractivity contribution >= 4 is 11.8 Å². The summed E-state index contributed by atoms with van der Waals surface area (Å²) < 4.78 is 0. The van der Waals surface area contributed by atoms with Crippen LogP contribution in [0.4, 0.5) is 0 Å². The summed E-state index contributed by atoms with van der Waals surface area (Å²) in [7, 11) is 0. The van der Waals surface area contributed by atoms with Gasteiger partial charge in [-0.05, 0) is 61.3 Å². The second-order valence-electron chi connectivity index (χ2n) is 9.89. The highest BCUT2D eigenvalue weighted by Gasteiger charge is 2.27. The molecule has 174 valence electrons. The minimum absolute atomic E-state index is 0.0000440. The molecule has 0 radical (unpaired) electrons. The maximum absolute atomic E-state index is 13.3. The van der Waals surface area contributed by atoms with Crippen molar-refractivity contribution in [3.63, 3.8) is 0 Å². The molecule has 0 saturated heterocycles. The van der Waals surface area contributed by atoms with Gasteiger partial charge in [-0.1, -0.05) is 76.2 Å². The van der Waals surface area contributed by atoms with Crippen molar-refractivity contribution in [1.29, 1.82) is 0 Å². The van der Waals surface area contributed by atoms with Gasteiger partial charge < -0.3 is 10.2 Å². The fourth-order valence-electron chi connectivity index (χ4n) is 3.59. The van der Waals surface area contributed by atoms with Crippen molar-refractivity contribution in [2.24, 2.45) is 0 Å². The Bertz CT molecular complexity index is 896. The van der Waals surface area contributed by atoms with Crippen LogP contribution in [0.2, 0.25) is 0 Å². The van der Waals surface area contributed by atoms with Crippen LogP contribution in [0.1, 0.15) is 76.6 Å². The third kappa shape index (κ3) is 7.22. The standard InChI is InChI=1S/C28H40N2O2/c1-8-21(3)29-27(32)22(4)30(19-24-12-10-9-11-20(24)2)26(31)18-15-23-13-16-25(17-14-23)28(5,6)7/h9-14,16-17,21-22H,8,15,18-19H2,1-7H3,(H,29,32)/t21-,22+/m1/s1. The first kappa shape index (κ1) is 25.6. The van der Waals surface area contributed by atoms with Crippen LogP contribution in [0.3, 0.4) is 0 Å². The second kappa shape index (κ2) is 11.3. The Morgan fingerprint density at radius 1 is 1.00 bits per heavy atom. The van der Waals surface area contributed by atoms with E-state index in [9.17, 15) is 9.59 Å². The summed E-state index contributed by atoms with van der Waals surface area (Å²) in [6.45, 7) is 14.9. The van der Waals surface area contributed by atoms with Gasteiger partial charge in [0, 0.05) is 19.0 Å². The van der Waals surface area contributed by atoms with Gasteiger partial charge >= 0.3 is 0 Å². The number of hydrogen-bond donors (Lipinski definition) is 1. The first-order chi connectivity index (χ1) is 15.0. The van der Waals surface area contributed by atoms with Gasteiger partial charge in [-0.2, -0.15) is 0 Å². The molecule has 2 aromatic carbocycles. The largest absolute Gasteiger partial charge is 0.352 e. The topological polar surface area (TPSA) is 49.4 Å². The smallest absolute Gasteiger partial charge is 0.242 e. The maximum Gasteiger partial charge on any atom is 0.242 e.